The molecular formula is C19H23ClN2O2. The fraction of sp³-hybridized carbons (Fsp3) is 0.316. The fourth-order valence-electron chi connectivity index (χ4n) is 3.16. The standard InChI is InChI=1S/C19H22N2O2.ClH/c20-13-14-6-4-11-18(14)19(22)21-15-7-5-10-17(12-15)23-16-8-2-1-3-9-16;/h1-3,5,7-10,12,14,18H,4,6,11,13,20H2,(H,21,22);1H/t14-,18-;/m1./s1. The molecule has 0 radical (unpaired) electrons. The van der Waals surface area contributed by atoms with Gasteiger partial charge in [-0.1, -0.05) is 30.7 Å². The molecule has 1 saturated carbocycles. The van der Waals surface area contributed by atoms with Gasteiger partial charge in [-0.15, -0.1) is 12.4 Å². The Labute approximate surface area is 148 Å². The van der Waals surface area contributed by atoms with Crippen molar-refractivity contribution >= 4 is 24.0 Å². The van der Waals surface area contributed by atoms with Gasteiger partial charge in [0.25, 0.3) is 0 Å². The van der Waals surface area contributed by atoms with Crippen LogP contribution in [-0.2, 0) is 4.79 Å². The third-order valence-corrected chi connectivity index (χ3v) is 4.38. The topological polar surface area (TPSA) is 64.4 Å². The van der Waals surface area contributed by atoms with Gasteiger partial charge in [0.05, 0.1) is 0 Å². The van der Waals surface area contributed by atoms with Gasteiger partial charge in [0.2, 0.25) is 5.91 Å². The first kappa shape index (κ1) is 18.3. The molecule has 3 rings (SSSR count). The van der Waals surface area contributed by atoms with Gasteiger partial charge in [-0.05, 0) is 49.6 Å². The van der Waals surface area contributed by atoms with E-state index in [0.29, 0.717) is 18.2 Å². The molecule has 3 N–H and O–H groups in total. The molecule has 1 fully saturated rings. The van der Waals surface area contributed by atoms with Gasteiger partial charge in [-0.25, -0.2) is 0 Å². The number of para-hydroxylation sites is 1. The zero-order valence-corrected chi connectivity index (χ0v) is 14.3. The number of anilines is 1. The van der Waals surface area contributed by atoms with E-state index >= 15 is 0 Å². The van der Waals surface area contributed by atoms with Crippen molar-refractivity contribution in [1.82, 2.24) is 0 Å². The summed E-state index contributed by atoms with van der Waals surface area (Å²) in [6, 6.07) is 17.1. The molecular weight excluding hydrogens is 324 g/mol. The van der Waals surface area contributed by atoms with Crippen LogP contribution in [0.5, 0.6) is 11.5 Å². The number of hydrogen-bond acceptors (Lipinski definition) is 3. The summed E-state index contributed by atoms with van der Waals surface area (Å²) in [5.74, 6) is 1.87. The van der Waals surface area contributed by atoms with Gasteiger partial charge in [-0.2, -0.15) is 0 Å². The van der Waals surface area contributed by atoms with Gasteiger partial charge >= 0.3 is 0 Å². The highest BCUT2D eigenvalue weighted by Crippen LogP contribution is 2.32. The minimum absolute atomic E-state index is 0. The van der Waals surface area contributed by atoms with Crippen LogP contribution in [-0.4, -0.2) is 12.5 Å². The predicted octanol–water partition coefficient (Wildman–Crippen LogP) is 4.21. The molecule has 0 aromatic heterocycles. The van der Waals surface area contributed by atoms with E-state index in [-0.39, 0.29) is 24.2 Å². The molecule has 5 heteroatoms. The number of ether oxygens (including phenoxy) is 1. The minimum Gasteiger partial charge on any atom is -0.457 e. The number of rotatable bonds is 5. The number of carbonyl (C=O) groups is 1. The average molecular weight is 347 g/mol. The Morgan fingerprint density at radius 1 is 1.08 bits per heavy atom. The maximum Gasteiger partial charge on any atom is 0.227 e. The molecule has 0 aliphatic heterocycles. The average Bonchev–Trinajstić information content (AvgIpc) is 3.05. The zero-order valence-electron chi connectivity index (χ0n) is 13.5. The Kier molecular flexibility index (Phi) is 6.64. The molecule has 2 atom stereocenters. The van der Waals surface area contributed by atoms with Crippen LogP contribution in [0.15, 0.2) is 54.6 Å². The largest absolute Gasteiger partial charge is 0.457 e. The molecule has 1 aliphatic rings. The van der Waals surface area contributed by atoms with E-state index in [9.17, 15) is 4.79 Å². The number of hydrogen-bond donors (Lipinski definition) is 2. The lowest BCUT2D eigenvalue weighted by Crippen LogP contribution is -2.29. The summed E-state index contributed by atoms with van der Waals surface area (Å²) in [5.41, 5.74) is 6.52. The smallest absolute Gasteiger partial charge is 0.227 e. The number of nitrogens with two attached hydrogens (primary N) is 1. The van der Waals surface area contributed by atoms with E-state index in [4.69, 9.17) is 10.5 Å². The highest BCUT2D eigenvalue weighted by molar-refractivity contribution is 5.93. The molecule has 128 valence electrons. The summed E-state index contributed by atoms with van der Waals surface area (Å²) < 4.78 is 5.80. The zero-order chi connectivity index (χ0) is 16.1. The van der Waals surface area contributed by atoms with Crippen LogP contribution in [0.25, 0.3) is 0 Å². The summed E-state index contributed by atoms with van der Waals surface area (Å²) in [4.78, 5) is 12.4. The maximum atomic E-state index is 12.4. The van der Waals surface area contributed by atoms with E-state index in [1.54, 1.807) is 0 Å². The number of nitrogens with one attached hydrogen (secondary N) is 1. The van der Waals surface area contributed by atoms with Crippen molar-refractivity contribution < 1.29 is 9.53 Å². The van der Waals surface area contributed by atoms with Crippen molar-refractivity contribution in [2.45, 2.75) is 19.3 Å². The molecule has 2 aromatic carbocycles. The van der Waals surface area contributed by atoms with Crippen LogP contribution in [0.1, 0.15) is 19.3 Å². The highest BCUT2D eigenvalue weighted by Gasteiger charge is 2.31. The lowest BCUT2D eigenvalue weighted by Gasteiger charge is -2.17. The Hall–Kier alpha value is -2.04. The molecule has 0 saturated heterocycles. The maximum absolute atomic E-state index is 12.4. The second-order valence-electron chi connectivity index (χ2n) is 5.97. The molecule has 0 spiro atoms. The van der Waals surface area contributed by atoms with Gasteiger partial charge in [0, 0.05) is 17.7 Å². The van der Waals surface area contributed by atoms with Crippen LogP contribution in [0.4, 0.5) is 5.69 Å². The van der Waals surface area contributed by atoms with Crippen molar-refractivity contribution in [3.63, 3.8) is 0 Å². The van der Waals surface area contributed by atoms with E-state index in [2.05, 4.69) is 5.32 Å². The molecule has 1 amide bonds. The summed E-state index contributed by atoms with van der Waals surface area (Å²) in [5, 5.41) is 3.00. The van der Waals surface area contributed by atoms with Gasteiger partial charge in [0.1, 0.15) is 11.5 Å². The van der Waals surface area contributed by atoms with Crippen molar-refractivity contribution in [1.29, 1.82) is 0 Å². The van der Waals surface area contributed by atoms with E-state index in [1.807, 2.05) is 54.6 Å². The molecule has 0 heterocycles. The minimum atomic E-state index is 0. The summed E-state index contributed by atoms with van der Waals surface area (Å²) in [6.45, 7) is 0.579. The monoisotopic (exact) mass is 346 g/mol. The Bertz CT molecular complexity index is 663. The predicted molar refractivity (Wildman–Crippen MR) is 98.7 cm³/mol. The van der Waals surface area contributed by atoms with Gasteiger partial charge in [-0.3, -0.25) is 4.79 Å². The van der Waals surface area contributed by atoms with Gasteiger partial charge in [0.15, 0.2) is 0 Å². The normalized spacial score (nSPS) is 19.4. The number of benzene rings is 2. The number of amides is 1. The number of halogens is 1. The second kappa shape index (κ2) is 8.71. The van der Waals surface area contributed by atoms with E-state index in [1.165, 1.54) is 0 Å². The van der Waals surface area contributed by atoms with Crippen molar-refractivity contribution in [2.75, 3.05) is 11.9 Å². The molecule has 2 aromatic rings. The summed E-state index contributed by atoms with van der Waals surface area (Å²) >= 11 is 0. The third kappa shape index (κ3) is 4.49. The SMILES string of the molecule is Cl.NC[C@H]1CCC[C@H]1C(=O)Nc1cccc(Oc2ccccc2)c1. The highest BCUT2D eigenvalue weighted by atomic mass is 35.5. The van der Waals surface area contributed by atoms with Crippen LogP contribution < -0.4 is 15.8 Å². The Morgan fingerprint density at radius 2 is 1.83 bits per heavy atom. The first-order valence-electron chi connectivity index (χ1n) is 8.10. The lowest BCUT2D eigenvalue weighted by molar-refractivity contribution is -0.120. The van der Waals surface area contributed by atoms with Crippen LogP contribution in [0.3, 0.4) is 0 Å². The molecule has 0 unspecified atom stereocenters. The second-order valence-corrected chi connectivity index (χ2v) is 5.97. The van der Waals surface area contributed by atoms with Crippen molar-refractivity contribution in [2.24, 2.45) is 17.6 Å². The Morgan fingerprint density at radius 3 is 2.58 bits per heavy atom. The quantitative estimate of drug-likeness (QED) is 0.852. The van der Waals surface area contributed by atoms with Crippen LogP contribution in [0, 0.1) is 11.8 Å². The van der Waals surface area contributed by atoms with Crippen LogP contribution in [0.2, 0.25) is 0 Å². The Balaban J connectivity index is 0.00000208. The first-order chi connectivity index (χ1) is 11.3. The molecule has 4 nitrogen and oxygen atoms in total. The van der Waals surface area contributed by atoms with Gasteiger partial charge < -0.3 is 15.8 Å². The fourth-order valence-corrected chi connectivity index (χ4v) is 3.16. The van der Waals surface area contributed by atoms with Crippen molar-refractivity contribution in [3.05, 3.63) is 54.6 Å². The molecule has 1 aliphatic carbocycles. The summed E-state index contributed by atoms with van der Waals surface area (Å²) in [6.07, 6.45) is 3.05. The van der Waals surface area contributed by atoms with Crippen LogP contribution >= 0.6 is 12.4 Å². The van der Waals surface area contributed by atoms with E-state index < -0.39 is 0 Å². The number of carbonyl (C=O) groups excluding carboxylic acids is 1. The van der Waals surface area contributed by atoms with Crippen molar-refractivity contribution in [3.8, 4) is 11.5 Å². The summed E-state index contributed by atoms with van der Waals surface area (Å²) in [7, 11) is 0. The molecule has 24 heavy (non-hydrogen) atoms. The lowest BCUT2D eigenvalue weighted by atomic mass is 9.95. The first-order valence-corrected chi connectivity index (χ1v) is 8.10. The van der Waals surface area contributed by atoms with E-state index in [0.717, 1.165) is 30.7 Å². The third-order valence-electron chi connectivity index (χ3n) is 4.38. The molecule has 0 bridgehead atoms.